The third-order valence-corrected chi connectivity index (χ3v) is 7.75. The predicted octanol–water partition coefficient (Wildman–Crippen LogP) is 3.50. The Hall–Kier alpha value is -3.67. The Balaban J connectivity index is 1.33. The van der Waals surface area contributed by atoms with E-state index in [1.165, 1.54) is 12.4 Å². The second-order valence-electron chi connectivity index (χ2n) is 10.2. The molecule has 0 bridgehead atoms. The van der Waals surface area contributed by atoms with E-state index >= 15 is 0 Å². The fraction of sp³-hybridized carbons (Fsp3) is 0.440. The number of nitrogens with zero attached hydrogens (tertiary/aromatic N) is 3. The van der Waals surface area contributed by atoms with Gasteiger partial charge in [-0.25, -0.2) is 27.2 Å². The Morgan fingerprint density at radius 1 is 1.05 bits per heavy atom. The maximum atomic E-state index is 13.0. The number of rotatable bonds is 6. The Morgan fingerprint density at radius 3 is 2.38 bits per heavy atom. The second kappa shape index (κ2) is 10.4. The summed E-state index contributed by atoms with van der Waals surface area (Å²) in [5.74, 6) is -0.106. The lowest BCUT2D eigenvalue weighted by Gasteiger charge is -2.29. The van der Waals surface area contributed by atoms with Gasteiger partial charge in [0.15, 0.2) is 11.5 Å². The highest BCUT2D eigenvalue weighted by atomic mass is 32.2. The molecule has 0 atom stereocenters. The topological polar surface area (TPSA) is 144 Å². The molecule has 12 heteroatoms. The molecule has 1 aromatic carbocycles. The Morgan fingerprint density at radius 2 is 1.73 bits per heavy atom. The molecule has 3 aromatic rings. The summed E-state index contributed by atoms with van der Waals surface area (Å²) in [6.45, 7) is 7.32. The minimum absolute atomic E-state index is 0.0274. The van der Waals surface area contributed by atoms with Crippen LogP contribution in [0.25, 0.3) is 11.2 Å². The van der Waals surface area contributed by atoms with Gasteiger partial charge in [-0.2, -0.15) is 0 Å². The van der Waals surface area contributed by atoms with Crippen molar-refractivity contribution in [3.05, 3.63) is 48.3 Å². The molecule has 0 saturated heterocycles. The van der Waals surface area contributed by atoms with E-state index in [0.717, 1.165) is 9.54 Å². The summed E-state index contributed by atoms with van der Waals surface area (Å²) in [6.07, 6.45) is 4.92. The summed E-state index contributed by atoms with van der Waals surface area (Å²) < 4.78 is 32.4. The average molecular weight is 529 g/mol. The first kappa shape index (κ1) is 26.4. The van der Waals surface area contributed by atoms with Crippen molar-refractivity contribution in [2.24, 2.45) is 5.92 Å². The summed E-state index contributed by atoms with van der Waals surface area (Å²) in [5, 5.41) is 2.86. The molecule has 0 aliphatic heterocycles. The summed E-state index contributed by atoms with van der Waals surface area (Å²) in [5.41, 5.74) is 6.38. The normalized spacial score (nSPS) is 18.3. The molecule has 1 aliphatic rings. The number of ether oxygens (including phenoxy) is 1. The molecule has 0 unspecified atom stereocenters. The van der Waals surface area contributed by atoms with Gasteiger partial charge in [0.2, 0.25) is 5.91 Å². The number of alkyl carbamates (subject to hydrolysis) is 1. The minimum atomic E-state index is -3.82. The lowest BCUT2D eigenvalue weighted by Crippen LogP contribution is -2.43. The van der Waals surface area contributed by atoms with Crippen molar-refractivity contribution in [2.75, 3.05) is 5.43 Å². The van der Waals surface area contributed by atoms with Gasteiger partial charge in [0.25, 0.3) is 10.0 Å². The number of hydrazine groups is 1. The van der Waals surface area contributed by atoms with Crippen molar-refractivity contribution in [3.63, 3.8) is 0 Å². The van der Waals surface area contributed by atoms with Gasteiger partial charge in [-0.15, -0.1) is 0 Å². The Labute approximate surface area is 216 Å². The van der Waals surface area contributed by atoms with Gasteiger partial charge in [0.1, 0.15) is 11.1 Å². The molecule has 1 aliphatic carbocycles. The van der Waals surface area contributed by atoms with Crippen molar-refractivity contribution >= 4 is 39.0 Å². The fourth-order valence-electron chi connectivity index (χ4n) is 4.17. The third-order valence-electron chi connectivity index (χ3n) is 6.07. The van der Waals surface area contributed by atoms with Gasteiger partial charge >= 0.3 is 6.09 Å². The van der Waals surface area contributed by atoms with E-state index in [4.69, 9.17) is 4.74 Å². The standard InChI is InChI=1S/C25H32N6O5S/c1-16-5-11-19(12-6-16)37(34,35)31-14-13-20-22(31)26-15-21(28-20)29-30-23(32)17-7-9-18(10-8-17)27-24(33)36-25(2,3)4/h5-6,11-15,17-18H,7-10H2,1-4H3,(H,27,33)(H,28,29)(H,30,32). The van der Waals surface area contributed by atoms with Crippen LogP contribution in [0.5, 0.6) is 0 Å². The number of fused-ring (bicyclic) bond motifs is 1. The second-order valence-corrected chi connectivity index (χ2v) is 12.0. The lowest BCUT2D eigenvalue weighted by atomic mass is 9.85. The van der Waals surface area contributed by atoms with Crippen LogP contribution in [-0.2, 0) is 19.6 Å². The van der Waals surface area contributed by atoms with Crippen molar-refractivity contribution in [1.29, 1.82) is 0 Å². The molecule has 2 aromatic heterocycles. The first-order chi connectivity index (χ1) is 17.4. The van der Waals surface area contributed by atoms with Gasteiger partial charge in [0.05, 0.1) is 11.1 Å². The van der Waals surface area contributed by atoms with Gasteiger partial charge in [-0.3, -0.25) is 15.6 Å². The van der Waals surface area contributed by atoms with Crippen LogP contribution in [0, 0.1) is 12.8 Å². The average Bonchev–Trinajstić information content (AvgIpc) is 3.26. The molecule has 2 amide bonds. The molecule has 3 N–H and O–H groups in total. The number of amides is 2. The van der Waals surface area contributed by atoms with Crippen LogP contribution in [0.2, 0.25) is 0 Å². The smallest absolute Gasteiger partial charge is 0.407 e. The van der Waals surface area contributed by atoms with Gasteiger partial charge < -0.3 is 10.1 Å². The van der Waals surface area contributed by atoms with Crippen LogP contribution in [-0.4, -0.2) is 46.0 Å². The summed E-state index contributed by atoms with van der Waals surface area (Å²) in [7, 11) is -3.82. The Bertz CT molecular complexity index is 1390. The number of carbonyl (C=O) groups excluding carboxylic acids is 2. The fourth-order valence-corrected chi connectivity index (χ4v) is 5.46. The number of carbonyl (C=O) groups is 2. The van der Waals surface area contributed by atoms with E-state index in [0.29, 0.717) is 31.2 Å². The number of hydrogen-bond acceptors (Lipinski definition) is 8. The summed E-state index contributed by atoms with van der Waals surface area (Å²) >= 11 is 0. The lowest BCUT2D eigenvalue weighted by molar-refractivity contribution is -0.125. The molecular weight excluding hydrogens is 496 g/mol. The largest absolute Gasteiger partial charge is 0.444 e. The summed E-state index contributed by atoms with van der Waals surface area (Å²) in [6, 6.07) is 8.10. The van der Waals surface area contributed by atoms with Crippen LogP contribution in [0.4, 0.5) is 10.6 Å². The summed E-state index contributed by atoms with van der Waals surface area (Å²) in [4.78, 5) is 33.4. The molecule has 0 radical (unpaired) electrons. The van der Waals surface area contributed by atoms with E-state index in [2.05, 4.69) is 26.1 Å². The molecule has 11 nitrogen and oxygen atoms in total. The van der Waals surface area contributed by atoms with Crippen molar-refractivity contribution in [2.45, 2.75) is 69.9 Å². The van der Waals surface area contributed by atoms with E-state index in [9.17, 15) is 18.0 Å². The van der Waals surface area contributed by atoms with Crippen LogP contribution in [0.3, 0.4) is 0 Å². The molecule has 1 saturated carbocycles. The first-order valence-corrected chi connectivity index (χ1v) is 13.6. The van der Waals surface area contributed by atoms with Gasteiger partial charge in [-0.1, -0.05) is 17.7 Å². The van der Waals surface area contributed by atoms with E-state index in [1.54, 1.807) is 30.3 Å². The number of hydrogen-bond donors (Lipinski definition) is 3. The first-order valence-electron chi connectivity index (χ1n) is 12.1. The molecule has 198 valence electrons. The zero-order valence-electron chi connectivity index (χ0n) is 21.3. The number of aryl methyl sites for hydroxylation is 1. The highest BCUT2D eigenvalue weighted by Gasteiger charge is 2.28. The third kappa shape index (κ3) is 6.37. The minimum Gasteiger partial charge on any atom is -0.444 e. The highest BCUT2D eigenvalue weighted by Crippen LogP contribution is 2.25. The number of benzene rings is 1. The monoisotopic (exact) mass is 528 g/mol. The zero-order valence-corrected chi connectivity index (χ0v) is 22.1. The van der Waals surface area contributed by atoms with Crippen LogP contribution in [0.1, 0.15) is 52.0 Å². The molecule has 37 heavy (non-hydrogen) atoms. The van der Waals surface area contributed by atoms with Gasteiger partial charge in [0, 0.05) is 18.2 Å². The van der Waals surface area contributed by atoms with Crippen molar-refractivity contribution < 1.29 is 22.7 Å². The van der Waals surface area contributed by atoms with E-state index in [1.807, 2.05) is 27.7 Å². The quantitative estimate of drug-likeness (QED) is 0.412. The molecule has 1 fully saturated rings. The molecule has 0 spiro atoms. The maximum absolute atomic E-state index is 13.0. The molecule has 2 heterocycles. The van der Waals surface area contributed by atoms with E-state index in [-0.39, 0.29) is 34.2 Å². The molecule has 4 rings (SSSR count). The maximum Gasteiger partial charge on any atom is 0.407 e. The van der Waals surface area contributed by atoms with Crippen LogP contribution < -0.4 is 16.2 Å². The molecular formula is C25H32N6O5S. The van der Waals surface area contributed by atoms with Crippen molar-refractivity contribution in [3.8, 4) is 0 Å². The number of nitrogens with one attached hydrogen (secondary N) is 3. The van der Waals surface area contributed by atoms with E-state index < -0.39 is 21.7 Å². The van der Waals surface area contributed by atoms with Crippen LogP contribution >= 0.6 is 0 Å². The number of aromatic nitrogens is 3. The highest BCUT2D eigenvalue weighted by molar-refractivity contribution is 7.90. The number of anilines is 1. The predicted molar refractivity (Wildman–Crippen MR) is 138 cm³/mol. The zero-order chi connectivity index (χ0) is 26.8. The van der Waals surface area contributed by atoms with Crippen molar-refractivity contribution in [1.82, 2.24) is 24.7 Å². The Kier molecular flexibility index (Phi) is 7.39. The van der Waals surface area contributed by atoms with Gasteiger partial charge in [-0.05, 0) is 71.6 Å². The van der Waals surface area contributed by atoms with Crippen LogP contribution in [0.15, 0.2) is 47.6 Å². The SMILES string of the molecule is Cc1ccc(S(=O)(=O)n2ccc3nc(NNC(=O)C4CCC(NC(=O)OC(C)(C)C)CC4)cnc32)cc1.